The van der Waals surface area contributed by atoms with Gasteiger partial charge in [0.2, 0.25) is 6.10 Å². The summed E-state index contributed by atoms with van der Waals surface area (Å²) in [4.78, 5) is 14.8. The van der Waals surface area contributed by atoms with Crippen LogP contribution in [0.4, 0.5) is 0 Å². The molecule has 0 saturated carbocycles. The second-order valence-electron chi connectivity index (χ2n) is 5.63. The van der Waals surface area contributed by atoms with Crippen LogP contribution in [0.25, 0.3) is 4.85 Å². The van der Waals surface area contributed by atoms with Crippen molar-refractivity contribution in [2.24, 2.45) is 11.8 Å². The molecule has 0 N–H and O–H groups in total. The minimum absolute atomic E-state index is 0.0779. The zero-order chi connectivity index (χ0) is 15.3. The molecule has 2 fully saturated rings. The van der Waals surface area contributed by atoms with Crippen molar-refractivity contribution in [2.45, 2.75) is 45.5 Å². The smallest absolute Gasteiger partial charge is 0.357 e. The van der Waals surface area contributed by atoms with Gasteiger partial charge in [-0.1, -0.05) is 25.1 Å². The van der Waals surface area contributed by atoms with Crippen molar-refractivity contribution < 1.29 is 22.1 Å². The zero-order valence-electron chi connectivity index (χ0n) is 11.9. The highest BCUT2D eigenvalue weighted by Gasteiger charge is 2.84. The summed E-state index contributed by atoms with van der Waals surface area (Å²) in [5.41, 5.74) is -1.37. The van der Waals surface area contributed by atoms with Gasteiger partial charge in [-0.3, -0.25) is 13.8 Å². The van der Waals surface area contributed by atoms with E-state index >= 15 is 0 Å². The fraction of sp³-hybridized carbons (Fsp3) is 0.833. The van der Waals surface area contributed by atoms with E-state index in [1.54, 1.807) is 6.92 Å². The predicted octanol–water partition coefficient (Wildman–Crippen LogP) is 0.785. The van der Waals surface area contributed by atoms with Crippen LogP contribution >= 0.6 is 0 Å². The minimum Gasteiger partial charge on any atom is -0.452 e. The molecule has 1 unspecified atom stereocenters. The molecule has 20 heavy (non-hydrogen) atoms. The highest BCUT2D eigenvalue weighted by molar-refractivity contribution is 7.84. The van der Waals surface area contributed by atoms with Gasteiger partial charge in [0.05, 0.1) is 6.61 Å². The lowest BCUT2D eigenvalue weighted by molar-refractivity contribution is -0.151. The monoisotopic (exact) mass is 302 g/mol. The Morgan fingerprint density at radius 3 is 2.60 bits per heavy atom. The third-order valence-corrected chi connectivity index (χ3v) is 5.17. The Morgan fingerprint density at radius 2 is 2.15 bits per heavy atom. The summed E-state index contributed by atoms with van der Waals surface area (Å²) in [6, 6.07) is -0.530. The van der Waals surface area contributed by atoms with Crippen molar-refractivity contribution >= 4 is 16.3 Å². The van der Waals surface area contributed by atoms with Gasteiger partial charge in [0.25, 0.3) is 0 Å². The molecule has 0 spiro atoms. The van der Waals surface area contributed by atoms with Gasteiger partial charge >= 0.3 is 21.9 Å². The maximum absolute atomic E-state index is 12.1. The number of nitrogens with zero attached hydrogens (tertiary/aromatic N) is 2. The predicted molar refractivity (Wildman–Crippen MR) is 69.4 cm³/mol. The van der Waals surface area contributed by atoms with Crippen LogP contribution in [-0.4, -0.2) is 43.1 Å². The Hall–Kier alpha value is -1.17. The fourth-order valence-corrected chi connectivity index (χ4v) is 4.72. The summed E-state index contributed by atoms with van der Waals surface area (Å²) in [6.07, 6.45) is -0.817. The second-order valence-corrected chi connectivity index (χ2v) is 7.11. The largest absolute Gasteiger partial charge is 0.452 e. The van der Waals surface area contributed by atoms with Crippen LogP contribution < -0.4 is 0 Å². The molecule has 0 aliphatic carbocycles. The van der Waals surface area contributed by atoms with Crippen molar-refractivity contribution in [3.05, 3.63) is 11.4 Å². The number of hydrogen-bond acceptors (Lipinski definition) is 5. The van der Waals surface area contributed by atoms with Crippen LogP contribution in [0.2, 0.25) is 0 Å². The SMILES string of the molecule is [C-]#[N+][C@]12[C@H](OC(C)=O)[C@@H](C)COS(=O)(=O)N1[C@@H]2C(C)C. The first kappa shape index (κ1) is 15.2. The first-order chi connectivity index (χ1) is 9.18. The van der Waals surface area contributed by atoms with Crippen molar-refractivity contribution in [1.29, 1.82) is 0 Å². The molecule has 0 aromatic heterocycles. The molecule has 5 atom stereocenters. The average molecular weight is 302 g/mol. The highest BCUT2D eigenvalue weighted by Crippen LogP contribution is 2.55. The van der Waals surface area contributed by atoms with Crippen LogP contribution in [0.1, 0.15) is 27.7 Å². The maximum Gasteiger partial charge on any atom is 0.357 e. The highest BCUT2D eigenvalue weighted by atomic mass is 32.2. The molecule has 112 valence electrons. The summed E-state index contributed by atoms with van der Waals surface area (Å²) in [7, 11) is -3.96. The van der Waals surface area contributed by atoms with Gasteiger partial charge in [-0.15, -0.1) is 0 Å². The number of fused-ring (bicyclic) bond motifs is 1. The van der Waals surface area contributed by atoms with Gasteiger partial charge in [-0.2, -0.15) is 8.42 Å². The molecule has 2 saturated heterocycles. The molecule has 7 nitrogen and oxygen atoms in total. The Labute approximate surface area is 118 Å². The number of carbonyl (C=O) groups is 1. The third-order valence-electron chi connectivity index (χ3n) is 3.73. The summed E-state index contributed by atoms with van der Waals surface area (Å²) in [5, 5.41) is 0. The van der Waals surface area contributed by atoms with E-state index in [2.05, 4.69) is 4.85 Å². The van der Waals surface area contributed by atoms with Gasteiger partial charge in [0.15, 0.2) is 0 Å². The molecular formula is C12H18N2O5S. The molecule has 2 rings (SSSR count). The number of esters is 1. The van der Waals surface area contributed by atoms with E-state index in [-0.39, 0.29) is 18.4 Å². The number of carbonyl (C=O) groups excluding carboxylic acids is 1. The summed E-state index contributed by atoms with van der Waals surface area (Å²) >= 11 is 0. The summed E-state index contributed by atoms with van der Waals surface area (Å²) < 4.78 is 35.5. The van der Waals surface area contributed by atoms with Gasteiger partial charge < -0.3 is 4.74 Å². The van der Waals surface area contributed by atoms with Crippen LogP contribution in [0, 0.1) is 18.4 Å². The number of rotatable bonds is 2. The number of ether oxygens (including phenoxy) is 1. The van der Waals surface area contributed by atoms with E-state index in [1.165, 1.54) is 6.92 Å². The molecule has 2 heterocycles. The van der Waals surface area contributed by atoms with Crippen LogP contribution in [-0.2, 0) is 24.0 Å². The first-order valence-electron chi connectivity index (χ1n) is 6.43. The molecule has 2 aliphatic rings. The van der Waals surface area contributed by atoms with E-state index in [9.17, 15) is 13.2 Å². The Bertz CT molecular complexity index is 567. The van der Waals surface area contributed by atoms with Crippen molar-refractivity contribution in [3.63, 3.8) is 0 Å². The van der Waals surface area contributed by atoms with E-state index < -0.39 is 34.1 Å². The third kappa shape index (κ3) is 2.01. The average Bonchev–Trinajstić information content (AvgIpc) is 3.04. The van der Waals surface area contributed by atoms with Crippen molar-refractivity contribution in [3.8, 4) is 0 Å². The topological polar surface area (TPSA) is 77.0 Å². The standard InChI is InChI=1S/C12H18N2O5S/c1-7(2)10-12(13-5)11(19-9(4)15)8(3)6-18-20(16,17)14(10)12/h7-8,10-11H,6H2,1-4H3/t8-,10+,11+,12-,14?/m0/s1. The Morgan fingerprint density at radius 1 is 1.55 bits per heavy atom. The lowest BCUT2D eigenvalue weighted by Crippen LogP contribution is -2.41. The van der Waals surface area contributed by atoms with Gasteiger partial charge in [-0.05, 0) is 5.92 Å². The molecule has 0 amide bonds. The molecule has 0 aromatic carbocycles. The summed E-state index contributed by atoms with van der Waals surface area (Å²) in [5.74, 6) is -0.985. The Balaban J connectivity index is 2.52. The van der Waals surface area contributed by atoms with Crippen molar-refractivity contribution in [1.82, 2.24) is 4.31 Å². The van der Waals surface area contributed by atoms with E-state index in [1.807, 2.05) is 13.8 Å². The van der Waals surface area contributed by atoms with E-state index in [0.717, 1.165) is 4.31 Å². The molecular weight excluding hydrogens is 284 g/mol. The molecule has 0 bridgehead atoms. The van der Waals surface area contributed by atoms with E-state index in [4.69, 9.17) is 15.5 Å². The molecule has 2 aliphatic heterocycles. The minimum atomic E-state index is -3.96. The number of hydrogen-bond donors (Lipinski definition) is 0. The van der Waals surface area contributed by atoms with Crippen LogP contribution in [0.3, 0.4) is 0 Å². The molecule has 0 aromatic rings. The summed E-state index contributed by atoms with van der Waals surface area (Å²) in [6.45, 7) is 14.0. The lowest BCUT2D eigenvalue weighted by Gasteiger charge is -2.22. The lowest BCUT2D eigenvalue weighted by atomic mass is 9.92. The fourth-order valence-electron chi connectivity index (χ4n) is 2.98. The first-order valence-corrected chi connectivity index (χ1v) is 7.79. The quantitative estimate of drug-likeness (QED) is 0.428. The molecule has 0 radical (unpaired) electrons. The van der Waals surface area contributed by atoms with Gasteiger partial charge in [-0.25, -0.2) is 6.57 Å². The van der Waals surface area contributed by atoms with Gasteiger partial charge in [0, 0.05) is 12.8 Å². The van der Waals surface area contributed by atoms with Crippen LogP contribution in [0.5, 0.6) is 0 Å². The van der Waals surface area contributed by atoms with Crippen molar-refractivity contribution in [2.75, 3.05) is 6.61 Å². The zero-order valence-corrected chi connectivity index (χ0v) is 12.7. The van der Waals surface area contributed by atoms with Gasteiger partial charge in [0.1, 0.15) is 6.04 Å². The van der Waals surface area contributed by atoms with E-state index in [0.29, 0.717) is 0 Å². The normalized spacial score (nSPS) is 42.2. The maximum atomic E-state index is 12.1. The second kappa shape index (κ2) is 4.69. The Kier molecular flexibility index (Phi) is 3.57. The molecule has 8 heteroatoms. The van der Waals surface area contributed by atoms with Crippen LogP contribution in [0.15, 0.2) is 0 Å².